The largest absolute Gasteiger partial charge is 0.354 e. The molecule has 0 atom stereocenters. The minimum absolute atomic E-state index is 1.12. The first-order valence-corrected chi connectivity index (χ1v) is 9.17. The Balaban J connectivity index is 2.05. The van der Waals surface area contributed by atoms with Crippen molar-refractivity contribution in [3.8, 4) is 0 Å². The number of aryl methyl sites for hydroxylation is 1. The van der Waals surface area contributed by atoms with Crippen molar-refractivity contribution in [1.29, 1.82) is 0 Å². The summed E-state index contributed by atoms with van der Waals surface area (Å²) in [6.45, 7) is 2.26. The Morgan fingerprint density at radius 2 is 1.76 bits per heavy atom. The van der Waals surface area contributed by atoms with Crippen LogP contribution in [0.3, 0.4) is 0 Å². The first-order chi connectivity index (χ1) is 10.2. The van der Waals surface area contributed by atoms with Gasteiger partial charge in [0.05, 0.1) is 5.52 Å². The Morgan fingerprint density at radius 3 is 2.57 bits per heavy atom. The molecule has 1 N–H and O–H groups in total. The molecule has 1 heterocycles. The number of unbranched alkanes of at least 4 members (excludes halogenated alkanes) is 3. The van der Waals surface area contributed by atoms with Gasteiger partial charge in [-0.2, -0.15) is 0 Å². The van der Waals surface area contributed by atoms with Gasteiger partial charge in [0.15, 0.2) is 0 Å². The molecule has 0 saturated heterocycles. The van der Waals surface area contributed by atoms with Crippen LogP contribution in [0, 0.1) is 0 Å². The molecule has 110 valence electrons. The topological polar surface area (TPSA) is 15.8 Å². The molecule has 0 bridgehead atoms. The van der Waals surface area contributed by atoms with Crippen LogP contribution in [0.1, 0.15) is 38.2 Å². The van der Waals surface area contributed by atoms with Crippen LogP contribution in [0.15, 0.2) is 39.3 Å². The van der Waals surface area contributed by atoms with E-state index in [-0.39, 0.29) is 0 Å². The number of hydrogen-bond acceptors (Lipinski definition) is 0. The zero-order valence-corrected chi connectivity index (χ0v) is 15.4. The van der Waals surface area contributed by atoms with Crippen molar-refractivity contribution in [3.05, 3.63) is 44.8 Å². The SMILES string of the molecule is CCCCCCc1c(Br)ccc2c1[nH]c1cc(Br)ccc12. The van der Waals surface area contributed by atoms with E-state index in [4.69, 9.17) is 0 Å². The number of hydrogen-bond donors (Lipinski definition) is 1. The van der Waals surface area contributed by atoms with E-state index in [2.05, 4.69) is 74.1 Å². The fraction of sp³-hybridized carbons (Fsp3) is 0.333. The third-order valence-corrected chi connectivity index (χ3v) is 5.30. The van der Waals surface area contributed by atoms with Gasteiger partial charge in [0.1, 0.15) is 0 Å². The Hall–Kier alpha value is -0.800. The molecule has 0 saturated carbocycles. The van der Waals surface area contributed by atoms with Gasteiger partial charge in [-0.1, -0.05) is 70.2 Å². The molecule has 0 aliphatic rings. The van der Waals surface area contributed by atoms with Crippen molar-refractivity contribution in [2.45, 2.75) is 39.0 Å². The highest BCUT2D eigenvalue weighted by Crippen LogP contribution is 2.33. The average molecular weight is 409 g/mol. The summed E-state index contributed by atoms with van der Waals surface area (Å²) in [5.74, 6) is 0. The predicted octanol–water partition coefficient (Wildman–Crippen LogP) is 6.97. The standard InChI is InChI=1S/C18H19Br2N/c1-2-3-4-5-6-15-16(20)10-9-14-13-8-7-12(19)11-17(13)21-18(14)15/h7-11,21H,2-6H2,1H3. The normalized spacial score (nSPS) is 11.6. The van der Waals surface area contributed by atoms with Crippen molar-refractivity contribution in [2.75, 3.05) is 0 Å². The molecule has 0 fully saturated rings. The summed E-state index contributed by atoms with van der Waals surface area (Å²) in [5, 5.41) is 2.63. The van der Waals surface area contributed by atoms with E-state index < -0.39 is 0 Å². The highest BCUT2D eigenvalue weighted by molar-refractivity contribution is 9.10. The summed E-state index contributed by atoms with van der Waals surface area (Å²) in [6, 6.07) is 10.9. The molecule has 21 heavy (non-hydrogen) atoms. The molecule has 3 rings (SSSR count). The molecule has 3 aromatic rings. The number of halogens is 2. The van der Waals surface area contributed by atoms with E-state index >= 15 is 0 Å². The number of nitrogens with one attached hydrogen (secondary N) is 1. The van der Waals surface area contributed by atoms with Gasteiger partial charge in [-0.25, -0.2) is 0 Å². The molecule has 0 radical (unpaired) electrons. The van der Waals surface area contributed by atoms with Crippen LogP contribution >= 0.6 is 31.9 Å². The van der Waals surface area contributed by atoms with Gasteiger partial charge in [-0.05, 0) is 36.6 Å². The van der Waals surface area contributed by atoms with Crippen LogP contribution < -0.4 is 0 Å². The third-order valence-electron chi connectivity index (χ3n) is 4.07. The summed E-state index contributed by atoms with van der Waals surface area (Å²) >= 11 is 7.28. The molecule has 3 heteroatoms. The summed E-state index contributed by atoms with van der Waals surface area (Å²) in [4.78, 5) is 3.61. The summed E-state index contributed by atoms with van der Waals surface area (Å²) in [6.07, 6.45) is 6.31. The maximum Gasteiger partial charge on any atom is 0.0508 e. The number of aromatic nitrogens is 1. The second kappa shape index (κ2) is 6.53. The predicted molar refractivity (Wildman–Crippen MR) is 99.1 cm³/mol. The zero-order chi connectivity index (χ0) is 14.8. The Kier molecular flexibility index (Phi) is 4.70. The number of fused-ring (bicyclic) bond motifs is 3. The lowest BCUT2D eigenvalue weighted by atomic mass is 10.0. The van der Waals surface area contributed by atoms with Crippen molar-refractivity contribution < 1.29 is 0 Å². The lowest BCUT2D eigenvalue weighted by Gasteiger charge is -2.06. The van der Waals surface area contributed by atoms with Gasteiger partial charge in [-0.3, -0.25) is 0 Å². The summed E-state index contributed by atoms with van der Waals surface area (Å²) < 4.78 is 2.34. The van der Waals surface area contributed by atoms with Crippen LogP contribution in [0.25, 0.3) is 21.8 Å². The average Bonchev–Trinajstić information content (AvgIpc) is 2.82. The molecule has 2 aromatic carbocycles. The van der Waals surface area contributed by atoms with Gasteiger partial charge >= 0.3 is 0 Å². The van der Waals surface area contributed by atoms with Gasteiger partial charge in [0.25, 0.3) is 0 Å². The molecular weight excluding hydrogens is 390 g/mol. The van der Waals surface area contributed by atoms with Gasteiger partial charge in [0.2, 0.25) is 0 Å². The van der Waals surface area contributed by atoms with Gasteiger partial charge < -0.3 is 4.98 Å². The zero-order valence-electron chi connectivity index (χ0n) is 12.2. The molecule has 1 nitrogen and oxygen atoms in total. The summed E-state index contributed by atoms with van der Waals surface area (Å²) in [5.41, 5.74) is 3.90. The van der Waals surface area contributed by atoms with Crippen molar-refractivity contribution in [3.63, 3.8) is 0 Å². The highest BCUT2D eigenvalue weighted by atomic mass is 79.9. The smallest absolute Gasteiger partial charge is 0.0508 e. The monoisotopic (exact) mass is 407 g/mol. The maximum atomic E-state index is 3.73. The van der Waals surface area contributed by atoms with Crippen LogP contribution in [-0.2, 0) is 6.42 Å². The number of benzene rings is 2. The molecule has 0 spiro atoms. The van der Waals surface area contributed by atoms with E-state index in [0.29, 0.717) is 0 Å². The van der Waals surface area contributed by atoms with Crippen molar-refractivity contribution in [1.82, 2.24) is 4.98 Å². The third kappa shape index (κ3) is 3.04. The quantitative estimate of drug-likeness (QED) is 0.438. The highest BCUT2D eigenvalue weighted by Gasteiger charge is 2.11. The van der Waals surface area contributed by atoms with Crippen LogP contribution in [0.4, 0.5) is 0 Å². The Bertz CT molecular complexity index is 774. The van der Waals surface area contributed by atoms with Crippen molar-refractivity contribution >= 4 is 53.7 Å². The minimum atomic E-state index is 1.12. The lowest BCUT2D eigenvalue weighted by molar-refractivity contribution is 0.667. The molecule has 0 aliphatic carbocycles. The lowest BCUT2D eigenvalue weighted by Crippen LogP contribution is -1.90. The van der Waals surface area contributed by atoms with Gasteiger partial charge in [-0.15, -0.1) is 0 Å². The van der Waals surface area contributed by atoms with E-state index in [1.165, 1.54) is 57.5 Å². The number of H-pyrrole nitrogens is 1. The van der Waals surface area contributed by atoms with Crippen LogP contribution in [0.5, 0.6) is 0 Å². The second-order valence-corrected chi connectivity index (χ2v) is 7.34. The Labute approximate surface area is 142 Å². The second-order valence-electron chi connectivity index (χ2n) is 5.57. The van der Waals surface area contributed by atoms with Crippen LogP contribution in [-0.4, -0.2) is 4.98 Å². The van der Waals surface area contributed by atoms with Crippen molar-refractivity contribution in [2.24, 2.45) is 0 Å². The fourth-order valence-electron chi connectivity index (χ4n) is 2.95. The molecule has 0 amide bonds. The molecule has 1 aromatic heterocycles. The fourth-order valence-corrected chi connectivity index (χ4v) is 3.84. The van der Waals surface area contributed by atoms with E-state index in [9.17, 15) is 0 Å². The first-order valence-electron chi connectivity index (χ1n) is 7.59. The van der Waals surface area contributed by atoms with E-state index in [1.807, 2.05) is 0 Å². The maximum absolute atomic E-state index is 3.73. The molecule has 0 aliphatic heterocycles. The summed E-state index contributed by atoms with van der Waals surface area (Å²) in [7, 11) is 0. The van der Waals surface area contributed by atoms with E-state index in [0.717, 1.165) is 10.9 Å². The van der Waals surface area contributed by atoms with Gasteiger partial charge in [0, 0.05) is 25.2 Å². The molecule has 0 unspecified atom stereocenters. The number of aromatic amines is 1. The first kappa shape index (κ1) is 15.1. The minimum Gasteiger partial charge on any atom is -0.354 e. The number of rotatable bonds is 5. The molecular formula is C18H19Br2N. The van der Waals surface area contributed by atoms with E-state index in [1.54, 1.807) is 0 Å². The Morgan fingerprint density at radius 1 is 0.952 bits per heavy atom. The van der Waals surface area contributed by atoms with Crippen LogP contribution in [0.2, 0.25) is 0 Å².